The molecule has 0 saturated carbocycles. The molecule has 0 aliphatic rings. The fourth-order valence-electron chi connectivity index (χ4n) is 1.31. The minimum atomic E-state index is -0.226. The molecule has 0 heterocycles. The van der Waals surface area contributed by atoms with Gasteiger partial charge < -0.3 is 4.74 Å². The van der Waals surface area contributed by atoms with E-state index in [1.165, 1.54) is 39.0 Å². The van der Waals surface area contributed by atoms with Crippen LogP contribution < -0.4 is 0 Å². The molecule has 0 aromatic carbocycles. The van der Waals surface area contributed by atoms with E-state index in [1.807, 2.05) is 12.2 Å². The van der Waals surface area contributed by atoms with Gasteiger partial charge in [0.1, 0.15) is 6.61 Å². The Balaban J connectivity index is 3.23. The maximum Gasteiger partial charge on any atom is 0.302 e. The van der Waals surface area contributed by atoms with Crippen molar-refractivity contribution >= 4 is 5.97 Å². The second kappa shape index (κ2) is 12.0. The molecule has 0 aliphatic heterocycles. The van der Waals surface area contributed by atoms with Gasteiger partial charge in [-0.3, -0.25) is 4.79 Å². The molecule has 0 spiro atoms. The van der Waals surface area contributed by atoms with Crippen LogP contribution in [0.5, 0.6) is 0 Å². The van der Waals surface area contributed by atoms with Crippen LogP contribution in [0.1, 0.15) is 52.4 Å². The first-order chi connectivity index (χ1) is 7.77. The minimum absolute atomic E-state index is 0.226. The van der Waals surface area contributed by atoms with Gasteiger partial charge in [0.2, 0.25) is 0 Å². The molecular weight excluding hydrogens is 200 g/mol. The summed E-state index contributed by atoms with van der Waals surface area (Å²) in [7, 11) is 0. The lowest BCUT2D eigenvalue weighted by Gasteiger charge is -1.94. The van der Waals surface area contributed by atoms with Crippen molar-refractivity contribution in [3.05, 3.63) is 24.3 Å². The van der Waals surface area contributed by atoms with Gasteiger partial charge in [0.05, 0.1) is 0 Å². The molecule has 92 valence electrons. The molecule has 0 aliphatic carbocycles. The maximum absolute atomic E-state index is 10.4. The van der Waals surface area contributed by atoms with Crippen molar-refractivity contribution in [3.8, 4) is 0 Å². The van der Waals surface area contributed by atoms with E-state index in [2.05, 4.69) is 19.1 Å². The van der Waals surface area contributed by atoms with Crippen LogP contribution in [0.25, 0.3) is 0 Å². The Morgan fingerprint density at radius 1 is 1.06 bits per heavy atom. The zero-order chi connectivity index (χ0) is 12.1. The Morgan fingerprint density at radius 3 is 2.50 bits per heavy atom. The Labute approximate surface area is 99.4 Å². The average molecular weight is 224 g/mol. The van der Waals surface area contributed by atoms with Gasteiger partial charge in [0.25, 0.3) is 0 Å². The van der Waals surface area contributed by atoms with E-state index >= 15 is 0 Å². The quantitative estimate of drug-likeness (QED) is 0.336. The van der Waals surface area contributed by atoms with E-state index in [9.17, 15) is 4.79 Å². The minimum Gasteiger partial charge on any atom is -0.462 e. The third kappa shape index (κ3) is 12.9. The number of hydrogen-bond donors (Lipinski definition) is 0. The van der Waals surface area contributed by atoms with Crippen LogP contribution >= 0.6 is 0 Å². The molecule has 2 nitrogen and oxygen atoms in total. The topological polar surface area (TPSA) is 26.3 Å². The first-order valence-electron chi connectivity index (χ1n) is 6.20. The molecule has 0 aromatic heterocycles. The highest BCUT2D eigenvalue weighted by atomic mass is 16.5. The zero-order valence-electron chi connectivity index (χ0n) is 10.6. The van der Waals surface area contributed by atoms with Crippen LogP contribution in [0.2, 0.25) is 0 Å². The molecule has 0 atom stereocenters. The van der Waals surface area contributed by atoms with Crippen LogP contribution in [0.4, 0.5) is 0 Å². The monoisotopic (exact) mass is 224 g/mol. The zero-order valence-corrected chi connectivity index (χ0v) is 10.6. The number of unbranched alkanes of at least 4 members (excludes halogenated alkanes) is 4. The molecule has 0 radical (unpaired) electrons. The van der Waals surface area contributed by atoms with E-state index in [0.29, 0.717) is 6.61 Å². The molecule has 0 bridgehead atoms. The van der Waals surface area contributed by atoms with Crippen molar-refractivity contribution in [3.63, 3.8) is 0 Å². The molecule has 2 heteroatoms. The molecule has 16 heavy (non-hydrogen) atoms. The molecule has 0 unspecified atom stereocenters. The highest BCUT2D eigenvalue weighted by Crippen LogP contribution is 2.03. The Kier molecular flexibility index (Phi) is 11.2. The van der Waals surface area contributed by atoms with Crippen molar-refractivity contribution < 1.29 is 9.53 Å². The smallest absolute Gasteiger partial charge is 0.302 e. The molecule has 0 rings (SSSR count). The highest BCUT2D eigenvalue weighted by Gasteiger charge is 1.86. The Morgan fingerprint density at radius 2 is 1.81 bits per heavy atom. The first-order valence-corrected chi connectivity index (χ1v) is 6.20. The van der Waals surface area contributed by atoms with E-state index < -0.39 is 0 Å². The van der Waals surface area contributed by atoms with Gasteiger partial charge in [-0.05, 0) is 19.3 Å². The lowest BCUT2D eigenvalue weighted by atomic mass is 10.1. The van der Waals surface area contributed by atoms with Crippen LogP contribution in [0.15, 0.2) is 24.3 Å². The van der Waals surface area contributed by atoms with Gasteiger partial charge in [-0.2, -0.15) is 0 Å². The van der Waals surface area contributed by atoms with E-state index in [-0.39, 0.29) is 5.97 Å². The van der Waals surface area contributed by atoms with Crippen molar-refractivity contribution in [1.82, 2.24) is 0 Å². The number of hydrogen-bond acceptors (Lipinski definition) is 2. The van der Waals surface area contributed by atoms with Crippen molar-refractivity contribution in [2.45, 2.75) is 52.4 Å². The van der Waals surface area contributed by atoms with Crippen LogP contribution in [0.3, 0.4) is 0 Å². The predicted molar refractivity (Wildman–Crippen MR) is 68.3 cm³/mol. The molecule has 0 amide bonds. The third-order valence-corrected chi connectivity index (χ3v) is 2.21. The summed E-state index contributed by atoms with van der Waals surface area (Å²) < 4.78 is 4.76. The molecule has 0 N–H and O–H groups in total. The lowest BCUT2D eigenvalue weighted by Crippen LogP contribution is -1.97. The maximum atomic E-state index is 10.4. The van der Waals surface area contributed by atoms with E-state index in [0.717, 1.165) is 6.42 Å². The summed E-state index contributed by atoms with van der Waals surface area (Å²) in [6, 6.07) is 0. The van der Waals surface area contributed by atoms with Crippen molar-refractivity contribution in [1.29, 1.82) is 0 Å². The number of rotatable bonds is 9. The molecule has 0 aromatic rings. The van der Waals surface area contributed by atoms with Crippen LogP contribution in [0, 0.1) is 0 Å². The standard InChI is InChI=1S/C14H24O2/c1-3-4-5-6-7-8-9-10-11-12-13-16-14(2)15/h8-9,11-12H,3-7,10,13H2,1-2H3/b9-8-,12-11+. The SMILES string of the molecule is CCCCCC/C=C\C/C=C/COC(C)=O. The number of allylic oxidation sites excluding steroid dienone is 3. The normalized spacial score (nSPS) is 11.4. The van der Waals surface area contributed by atoms with E-state index in [1.54, 1.807) is 0 Å². The van der Waals surface area contributed by atoms with Gasteiger partial charge in [-0.15, -0.1) is 0 Å². The predicted octanol–water partition coefficient (Wildman–Crippen LogP) is 4.02. The fourth-order valence-corrected chi connectivity index (χ4v) is 1.31. The number of carbonyl (C=O) groups is 1. The number of esters is 1. The highest BCUT2D eigenvalue weighted by molar-refractivity contribution is 5.65. The summed E-state index contributed by atoms with van der Waals surface area (Å²) in [5.41, 5.74) is 0. The largest absolute Gasteiger partial charge is 0.462 e. The van der Waals surface area contributed by atoms with E-state index in [4.69, 9.17) is 4.74 Å². The van der Waals surface area contributed by atoms with Crippen molar-refractivity contribution in [2.24, 2.45) is 0 Å². The number of carbonyl (C=O) groups excluding carboxylic acids is 1. The Hall–Kier alpha value is -1.05. The van der Waals surface area contributed by atoms with Gasteiger partial charge >= 0.3 is 5.97 Å². The molecule has 0 fully saturated rings. The van der Waals surface area contributed by atoms with Gasteiger partial charge in [0.15, 0.2) is 0 Å². The molecule has 0 saturated heterocycles. The average Bonchev–Trinajstić information content (AvgIpc) is 2.25. The summed E-state index contributed by atoms with van der Waals surface area (Å²) in [4.78, 5) is 10.4. The van der Waals surface area contributed by atoms with Crippen molar-refractivity contribution in [2.75, 3.05) is 6.61 Å². The van der Waals surface area contributed by atoms with Crippen LogP contribution in [-0.2, 0) is 9.53 Å². The first kappa shape index (κ1) is 14.9. The van der Waals surface area contributed by atoms with Gasteiger partial charge in [-0.1, -0.05) is 50.5 Å². The number of ether oxygens (including phenoxy) is 1. The summed E-state index contributed by atoms with van der Waals surface area (Å²) in [6.45, 7) is 4.04. The third-order valence-electron chi connectivity index (χ3n) is 2.21. The second-order valence-corrected chi connectivity index (χ2v) is 3.83. The molecular formula is C14H24O2. The summed E-state index contributed by atoms with van der Waals surface area (Å²) in [6.07, 6.45) is 15.7. The van der Waals surface area contributed by atoms with Gasteiger partial charge in [-0.25, -0.2) is 0 Å². The van der Waals surface area contributed by atoms with Crippen LogP contribution in [-0.4, -0.2) is 12.6 Å². The summed E-state index contributed by atoms with van der Waals surface area (Å²) in [5.74, 6) is -0.226. The second-order valence-electron chi connectivity index (χ2n) is 3.83. The fraction of sp³-hybridized carbons (Fsp3) is 0.643. The lowest BCUT2D eigenvalue weighted by molar-refractivity contribution is -0.139. The summed E-state index contributed by atoms with van der Waals surface area (Å²) in [5, 5.41) is 0. The summed E-state index contributed by atoms with van der Waals surface area (Å²) >= 11 is 0. The Bertz CT molecular complexity index is 217. The van der Waals surface area contributed by atoms with Gasteiger partial charge in [0, 0.05) is 6.92 Å².